The first-order valence-electron chi connectivity index (χ1n) is 8.00. The van der Waals surface area contributed by atoms with Crippen LogP contribution in [0.5, 0.6) is 0 Å². The van der Waals surface area contributed by atoms with Crippen molar-refractivity contribution in [1.29, 1.82) is 0 Å². The SMILES string of the molecule is CCNc1nc(Cl)nc2sc(CC)c(-c3ccc(CC)cc3)c12. The number of nitrogens with one attached hydrogen (secondary N) is 1. The lowest BCUT2D eigenvalue weighted by molar-refractivity contribution is 1.14. The monoisotopic (exact) mass is 345 g/mol. The minimum Gasteiger partial charge on any atom is -0.370 e. The largest absolute Gasteiger partial charge is 0.370 e. The van der Waals surface area contributed by atoms with Crippen molar-refractivity contribution in [2.24, 2.45) is 0 Å². The predicted molar refractivity (Wildman–Crippen MR) is 101 cm³/mol. The number of nitrogens with zero attached hydrogens (tertiary/aromatic N) is 2. The molecule has 0 fully saturated rings. The molecule has 23 heavy (non-hydrogen) atoms. The summed E-state index contributed by atoms with van der Waals surface area (Å²) in [4.78, 5) is 11.1. The number of aromatic nitrogens is 2. The van der Waals surface area contributed by atoms with Gasteiger partial charge in [-0.05, 0) is 42.5 Å². The highest BCUT2D eigenvalue weighted by molar-refractivity contribution is 7.19. The Morgan fingerprint density at radius 3 is 2.39 bits per heavy atom. The third-order valence-corrected chi connectivity index (χ3v) is 5.31. The van der Waals surface area contributed by atoms with Crippen molar-refractivity contribution in [3.05, 3.63) is 40.0 Å². The minimum atomic E-state index is 0.297. The molecule has 5 heteroatoms. The highest BCUT2D eigenvalue weighted by Crippen LogP contribution is 2.41. The summed E-state index contributed by atoms with van der Waals surface area (Å²) in [5.74, 6) is 0.827. The topological polar surface area (TPSA) is 37.8 Å². The zero-order valence-corrected chi connectivity index (χ0v) is 15.2. The molecule has 0 radical (unpaired) electrons. The number of halogens is 1. The van der Waals surface area contributed by atoms with Crippen molar-refractivity contribution >= 4 is 39.0 Å². The van der Waals surface area contributed by atoms with E-state index < -0.39 is 0 Å². The highest BCUT2D eigenvalue weighted by Gasteiger charge is 2.19. The summed E-state index contributed by atoms with van der Waals surface area (Å²) in [6.45, 7) is 7.21. The first kappa shape index (κ1) is 16.2. The van der Waals surface area contributed by atoms with Gasteiger partial charge in [0.15, 0.2) is 0 Å². The molecule has 0 aliphatic carbocycles. The molecule has 3 aromatic rings. The maximum atomic E-state index is 6.09. The standard InChI is InChI=1S/C18H20ClN3S/c1-4-11-7-9-12(10-8-11)14-13(5-2)23-17-15(14)16(20-6-3)21-18(19)22-17/h7-10H,4-6H2,1-3H3,(H,20,21,22). The van der Waals surface area contributed by atoms with E-state index in [2.05, 4.69) is 60.3 Å². The summed E-state index contributed by atoms with van der Waals surface area (Å²) in [5.41, 5.74) is 3.80. The number of hydrogen-bond donors (Lipinski definition) is 1. The third kappa shape index (κ3) is 3.06. The Bertz CT molecular complexity index is 824. The van der Waals surface area contributed by atoms with Gasteiger partial charge in [0.1, 0.15) is 10.6 Å². The maximum absolute atomic E-state index is 6.09. The number of hydrogen-bond acceptors (Lipinski definition) is 4. The van der Waals surface area contributed by atoms with Crippen molar-refractivity contribution in [2.45, 2.75) is 33.6 Å². The Morgan fingerprint density at radius 2 is 1.78 bits per heavy atom. The number of rotatable bonds is 5. The van der Waals surface area contributed by atoms with Crippen molar-refractivity contribution in [3.8, 4) is 11.1 Å². The number of benzene rings is 1. The van der Waals surface area contributed by atoms with Crippen LogP contribution < -0.4 is 5.32 Å². The minimum absolute atomic E-state index is 0.297. The van der Waals surface area contributed by atoms with Crippen LogP contribution in [-0.4, -0.2) is 16.5 Å². The molecule has 2 heterocycles. The average Bonchev–Trinajstić information content (AvgIpc) is 2.93. The molecule has 0 unspecified atom stereocenters. The van der Waals surface area contributed by atoms with E-state index in [1.807, 2.05) is 0 Å². The zero-order valence-electron chi connectivity index (χ0n) is 13.6. The molecule has 0 saturated heterocycles. The summed E-state index contributed by atoms with van der Waals surface area (Å²) in [6, 6.07) is 8.79. The molecule has 0 saturated carbocycles. The van der Waals surface area contributed by atoms with Gasteiger partial charge >= 0.3 is 0 Å². The molecule has 0 bridgehead atoms. The second-order valence-corrected chi connectivity index (χ2v) is 6.78. The van der Waals surface area contributed by atoms with Crippen LogP contribution in [0.1, 0.15) is 31.2 Å². The molecule has 0 aliphatic heterocycles. The fraction of sp³-hybridized carbons (Fsp3) is 0.333. The van der Waals surface area contributed by atoms with Gasteiger partial charge in [-0.15, -0.1) is 11.3 Å². The summed E-state index contributed by atoms with van der Waals surface area (Å²) < 4.78 is 0. The molecule has 1 N–H and O–H groups in total. The fourth-order valence-corrected chi connectivity index (χ4v) is 4.13. The zero-order chi connectivity index (χ0) is 16.4. The van der Waals surface area contributed by atoms with Gasteiger partial charge in [0.05, 0.1) is 5.39 Å². The van der Waals surface area contributed by atoms with Gasteiger partial charge < -0.3 is 5.32 Å². The second kappa shape index (κ2) is 6.85. The van der Waals surface area contributed by atoms with E-state index >= 15 is 0 Å². The fourth-order valence-electron chi connectivity index (χ4n) is 2.78. The van der Waals surface area contributed by atoms with Crippen molar-refractivity contribution in [2.75, 3.05) is 11.9 Å². The van der Waals surface area contributed by atoms with E-state index in [1.165, 1.54) is 21.6 Å². The van der Waals surface area contributed by atoms with Gasteiger partial charge in [0.2, 0.25) is 5.28 Å². The number of aryl methyl sites for hydroxylation is 2. The van der Waals surface area contributed by atoms with Crippen molar-refractivity contribution < 1.29 is 0 Å². The smallest absolute Gasteiger partial charge is 0.225 e. The van der Waals surface area contributed by atoms with E-state index in [0.717, 1.165) is 35.4 Å². The lowest BCUT2D eigenvalue weighted by atomic mass is 10.00. The second-order valence-electron chi connectivity index (χ2n) is 5.36. The van der Waals surface area contributed by atoms with Crippen LogP contribution in [0.3, 0.4) is 0 Å². The van der Waals surface area contributed by atoms with Gasteiger partial charge in [0, 0.05) is 17.0 Å². The first-order chi connectivity index (χ1) is 11.2. The molecule has 2 aromatic heterocycles. The van der Waals surface area contributed by atoms with Gasteiger partial charge in [-0.2, -0.15) is 0 Å². The molecule has 1 aromatic carbocycles. The molecular weight excluding hydrogens is 326 g/mol. The van der Waals surface area contributed by atoms with Crippen LogP contribution in [0.2, 0.25) is 5.28 Å². The van der Waals surface area contributed by atoms with Crippen LogP contribution in [0.4, 0.5) is 5.82 Å². The van der Waals surface area contributed by atoms with E-state index in [4.69, 9.17) is 11.6 Å². The van der Waals surface area contributed by atoms with Crippen molar-refractivity contribution in [1.82, 2.24) is 9.97 Å². The van der Waals surface area contributed by atoms with Crippen LogP contribution in [-0.2, 0) is 12.8 Å². The number of anilines is 1. The number of fused-ring (bicyclic) bond motifs is 1. The molecule has 0 atom stereocenters. The van der Waals surface area contributed by atoms with Gasteiger partial charge in [-0.25, -0.2) is 9.97 Å². The Labute approximate surface area is 145 Å². The highest BCUT2D eigenvalue weighted by atomic mass is 35.5. The maximum Gasteiger partial charge on any atom is 0.225 e. The summed E-state index contributed by atoms with van der Waals surface area (Å²) in [7, 11) is 0. The molecule has 0 aliphatic rings. The van der Waals surface area contributed by atoms with Gasteiger partial charge in [-0.1, -0.05) is 38.1 Å². The van der Waals surface area contributed by atoms with Crippen LogP contribution in [0.25, 0.3) is 21.3 Å². The van der Waals surface area contributed by atoms with Crippen LogP contribution in [0, 0.1) is 0 Å². The molecule has 120 valence electrons. The van der Waals surface area contributed by atoms with E-state index in [9.17, 15) is 0 Å². The Kier molecular flexibility index (Phi) is 4.83. The van der Waals surface area contributed by atoms with Crippen LogP contribution >= 0.6 is 22.9 Å². The molecule has 0 amide bonds. The molecule has 3 nitrogen and oxygen atoms in total. The van der Waals surface area contributed by atoms with Crippen LogP contribution in [0.15, 0.2) is 24.3 Å². The summed E-state index contributed by atoms with van der Waals surface area (Å²) in [6.07, 6.45) is 2.02. The first-order valence-corrected chi connectivity index (χ1v) is 9.19. The Morgan fingerprint density at radius 1 is 1.04 bits per heavy atom. The summed E-state index contributed by atoms with van der Waals surface area (Å²) >= 11 is 7.80. The Balaban J connectivity index is 2.28. The van der Waals surface area contributed by atoms with E-state index in [0.29, 0.717) is 5.28 Å². The predicted octanol–water partition coefficient (Wildman–Crippen LogP) is 5.57. The molecule has 3 rings (SSSR count). The van der Waals surface area contributed by atoms with Crippen molar-refractivity contribution in [3.63, 3.8) is 0 Å². The van der Waals surface area contributed by atoms with Gasteiger partial charge in [0.25, 0.3) is 0 Å². The normalized spacial score (nSPS) is 11.1. The summed E-state index contributed by atoms with van der Waals surface area (Å²) in [5, 5.41) is 4.71. The Hall–Kier alpha value is -1.65. The number of thiophene rings is 1. The lowest BCUT2D eigenvalue weighted by Crippen LogP contribution is -2.01. The third-order valence-electron chi connectivity index (χ3n) is 3.91. The lowest BCUT2D eigenvalue weighted by Gasteiger charge is -2.09. The van der Waals surface area contributed by atoms with E-state index in [-0.39, 0.29) is 0 Å². The molecular formula is C18H20ClN3S. The quantitative estimate of drug-likeness (QED) is 0.614. The van der Waals surface area contributed by atoms with E-state index in [1.54, 1.807) is 11.3 Å². The van der Waals surface area contributed by atoms with Gasteiger partial charge in [-0.3, -0.25) is 0 Å². The average molecular weight is 346 g/mol. The molecule has 0 spiro atoms.